The van der Waals surface area contributed by atoms with Crippen molar-refractivity contribution in [3.05, 3.63) is 30.1 Å². The van der Waals surface area contributed by atoms with Gasteiger partial charge in [-0.3, -0.25) is 5.10 Å². The lowest BCUT2D eigenvalue weighted by atomic mass is 10.2. The monoisotopic (exact) mass is 248 g/mol. The molecule has 0 radical (unpaired) electrons. The van der Waals surface area contributed by atoms with E-state index < -0.39 is 6.10 Å². The van der Waals surface area contributed by atoms with Crippen LogP contribution < -0.4 is 5.32 Å². The van der Waals surface area contributed by atoms with Crippen LogP contribution in [0, 0.1) is 6.92 Å². The van der Waals surface area contributed by atoms with E-state index in [0.717, 1.165) is 17.1 Å². The molecule has 0 aliphatic carbocycles. The average molecular weight is 248 g/mol. The number of H-pyrrole nitrogens is 1. The molecule has 2 aromatic rings. The highest BCUT2D eigenvalue weighted by Gasteiger charge is 2.05. The second-order valence-electron chi connectivity index (χ2n) is 4.04. The first-order chi connectivity index (χ1) is 8.69. The highest BCUT2D eigenvalue weighted by Crippen LogP contribution is 2.19. The van der Waals surface area contributed by atoms with Crippen LogP contribution in [0.4, 0.5) is 5.69 Å². The molecule has 1 aromatic carbocycles. The zero-order valence-electron chi connectivity index (χ0n) is 10.1. The highest BCUT2D eigenvalue weighted by atomic mass is 16.3. The van der Waals surface area contributed by atoms with E-state index in [9.17, 15) is 5.11 Å². The molecule has 0 spiro atoms. The standard InChI is InChI=1S/C12H16N4O2/c1-8-14-12(16-15-8)9-3-2-4-10(5-9)13-6-11(18)7-17/h2-5,11,13,17-18H,6-7H2,1H3,(H,14,15,16). The zero-order chi connectivity index (χ0) is 13.0. The van der Waals surface area contributed by atoms with Gasteiger partial charge < -0.3 is 15.5 Å². The van der Waals surface area contributed by atoms with Gasteiger partial charge in [-0.15, -0.1) is 0 Å². The maximum atomic E-state index is 9.27. The van der Waals surface area contributed by atoms with Crippen molar-refractivity contribution in [3.63, 3.8) is 0 Å². The molecule has 0 amide bonds. The minimum atomic E-state index is -0.764. The van der Waals surface area contributed by atoms with Crippen LogP contribution in [0.5, 0.6) is 0 Å². The Kier molecular flexibility index (Phi) is 3.91. The van der Waals surface area contributed by atoms with Gasteiger partial charge in [0.25, 0.3) is 0 Å². The third-order valence-electron chi connectivity index (χ3n) is 2.47. The topological polar surface area (TPSA) is 94.1 Å². The third-order valence-corrected chi connectivity index (χ3v) is 2.47. The Balaban J connectivity index is 2.10. The smallest absolute Gasteiger partial charge is 0.181 e. The van der Waals surface area contributed by atoms with Gasteiger partial charge in [0, 0.05) is 17.8 Å². The minimum absolute atomic E-state index is 0.257. The first kappa shape index (κ1) is 12.5. The number of hydrogen-bond acceptors (Lipinski definition) is 5. The van der Waals surface area contributed by atoms with Crippen LogP contribution in [0.15, 0.2) is 24.3 Å². The normalized spacial score (nSPS) is 12.4. The molecule has 18 heavy (non-hydrogen) atoms. The van der Waals surface area contributed by atoms with Gasteiger partial charge in [0.05, 0.1) is 12.7 Å². The average Bonchev–Trinajstić information content (AvgIpc) is 2.83. The molecule has 2 rings (SSSR count). The maximum Gasteiger partial charge on any atom is 0.181 e. The van der Waals surface area contributed by atoms with Gasteiger partial charge in [0.1, 0.15) is 5.82 Å². The first-order valence-corrected chi connectivity index (χ1v) is 5.71. The van der Waals surface area contributed by atoms with Crippen LogP contribution in [-0.4, -0.2) is 44.7 Å². The molecule has 0 aliphatic rings. The van der Waals surface area contributed by atoms with E-state index in [2.05, 4.69) is 20.5 Å². The lowest BCUT2D eigenvalue weighted by molar-refractivity contribution is 0.105. The van der Waals surface area contributed by atoms with Crippen LogP contribution in [0.1, 0.15) is 5.82 Å². The Morgan fingerprint density at radius 3 is 2.94 bits per heavy atom. The van der Waals surface area contributed by atoms with E-state index in [0.29, 0.717) is 12.4 Å². The Hall–Kier alpha value is -1.92. The molecule has 0 aliphatic heterocycles. The largest absolute Gasteiger partial charge is 0.394 e. The summed E-state index contributed by atoms with van der Waals surface area (Å²) in [5, 5.41) is 27.9. The van der Waals surface area contributed by atoms with Gasteiger partial charge in [-0.05, 0) is 19.1 Å². The second-order valence-corrected chi connectivity index (χ2v) is 4.04. The van der Waals surface area contributed by atoms with E-state index in [1.54, 1.807) is 0 Å². The van der Waals surface area contributed by atoms with Crippen molar-refractivity contribution < 1.29 is 10.2 Å². The molecule has 1 heterocycles. The summed E-state index contributed by atoms with van der Waals surface area (Å²) in [6.07, 6.45) is -0.764. The quantitative estimate of drug-likeness (QED) is 0.620. The molecule has 6 heteroatoms. The molecule has 0 fully saturated rings. The SMILES string of the molecule is Cc1nc(-c2cccc(NCC(O)CO)c2)n[nH]1. The van der Waals surface area contributed by atoms with Gasteiger partial charge in [-0.2, -0.15) is 5.10 Å². The number of aromatic nitrogens is 3. The summed E-state index contributed by atoms with van der Waals surface area (Å²) < 4.78 is 0. The predicted octanol–water partition coefficient (Wildman–Crippen LogP) is 0.545. The lowest BCUT2D eigenvalue weighted by Gasteiger charge is -2.10. The Morgan fingerprint density at radius 2 is 2.28 bits per heavy atom. The summed E-state index contributed by atoms with van der Waals surface area (Å²) >= 11 is 0. The molecule has 96 valence electrons. The van der Waals surface area contributed by atoms with Crippen LogP contribution in [0.2, 0.25) is 0 Å². The molecule has 1 atom stereocenters. The number of anilines is 1. The molecule has 0 bridgehead atoms. The summed E-state index contributed by atoms with van der Waals surface area (Å²) in [6, 6.07) is 7.57. The molecule has 0 saturated carbocycles. The summed E-state index contributed by atoms with van der Waals surface area (Å²) in [5.74, 6) is 1.40. The number of aromatic amines is 1. The van der Waals surface area contributed by atoms with Gasteiger partial charge in [-0.25, -0.2) is 4.98 Å². The summed E-state index contributed by atoms with van der Waals surface area (Å²) in [5.41, 5.74) is 1.74. The van der Waals surface area contributed by atoms with Crippen molar-refractivity contribution in [3.8, 4) is 11.4 Å². The van der Waals surface area contributed by atoms with Crippen molar-refractivity contribution in [2.45, 2.75) is 13.0 Å². The Bertz CT molecular complexity index is 512. The minimum Gasteiger partial charge on any atom is -0.394 e. The van der Waals surface area contributed by atoms with Crippen molar-refractivity contribution in [2.24, 2.45) is 0 Å². The van der Waals surface area contributed by atoms with Crippen LogP contribution >= 0.6 is 0 Å². The molecule has 4 N–H and O–H groups in total. The van der Waals surface area contributed by atoms with Crippen LogP contribution in [0.3, 0.4) is 0 Å². The number of aliphatic hydroxyl groups is 2. The number of hydrogen-bond donors (Lipinski definition) is 4. The van der Waals surface area contributed by atoms with Crippen LogP contribution in [0.25, 0.3) is 11.4 Å². The van der Waals surface area contributed by atoms with Gasteiger partial charge in [0.15, 0.2) is 5.82 Å². The van der Waals surface area contributed by atoms with E-state index in [-0.39, 0.29) is 6.61 Å². The molecule has 0 saturated heterocycles. The fraction of sp³-hybridized carbons (Fsp3) is 0.333. The van der Waals surface area contributed by atoms with Crippen molar-refractivity contribution in [1.29, 1.82) is 0 Å². The predicted molar refractivity (Wildman–Crippen MR) is 68.1 cm³/mol. The number of benzene rings is 1. The summed E-state index contributed by atoms with van der Waals surface area (Å²) in [7, 11) is 0. The number of nitrogens with one attached hydrogen (secondary N) is 2. The molecule has 1 aromatic heterocycles. The van der Waals surface area contributed by atoms with Crippen molar-refractivity contribution >= 4 is 5.69 Å². The Morgan fingerprint density at radius 1 is 1.44 bits per heavy atom. The van der Waals surface area contributed by atoms with E-state index in [4.69, 9.17) is 5.11 Å². The molecular formula is C12H16N4O2. The van der Waals surface area contributed by atoms with Gasteiger partial charge in [0.2, 0.25) is 0 Å². The second kappa shape index (κ2) is 5.61. The van der Waals surface area contributed by atoms with Crippen molar-refractivity contribution in [2.75, 3.05) is 18.5 Å². The maximum absolute atomic E-state index is 9.27. The first-order valence-electron chi connectivity index (χ1n) is 5.71. The third kappa shape index (κ3) is 3.06. The lowest BCUT2D eigenvalue weighted by Crippen LogP contribution is -2.22. The summed E-state index contributed by atoms with van der Waals surface area (Å²) in [6.45, 7) is 1.88. The van der Waals surface area contributed by atoms with Gasteiger partial charge >= 0.3 is 0 Å². The Labute approximate surface area is 105 Å². The molecular weight excluding hydrogens is 232 g/mol. The fourth-order valence-corrected chi connectivity index (χ4v) is 1.54. The fourth-order valence-electron chi connectivity index (χ4n) is 1.54. The van der Waals surface area contributed by atoms with Gasteiger partial charge in [-0.1, -0.05) is 12.1 Å². The van der Waals surface area contributed by atoms with E-state index >= 15 is 0 Å². The molecule has 6 nitrogen and oxygen atoms in total. The summed E-state index contributed by atoms with van der Waals surface area (Å²) in [4.78, 5) is 4.25. The van der Waals surface area contributed by atoms with Crippen LogP contribution in [-0.2, 0) is 0 Å². The van der Waals surface area contributed by atoms with E-state index in [1.807, 2.05) is 31.2 Å². The highest BCUT2D eigenvalue weighted by molar-refractivity contribution is 5.62. The molecule has 1 unspecified atom stereocenters. The number of rotatable bonds is 5. The zero-order valence-corrected chi connectivity index (χ0v) is 10.1. The number of aliphatic hydroxyl groups excluding tert-OH is 2. The van der Waals surface area contributed by atoms with Crippen molar-refractivity contribution in [1.82, 2.24) is 15.2 Å². The number of nitrogens with zero attached hydrogens (tertiary/aromatic N) is 2. The number of aryl methyl sites for hydroxylation is 1. The van der Waals surface area contributed by atoms with E-state index in [1.165, 1.54) is 0 Å².